The van der Waals surface area contributed by atoms with Crippen LogP contribution in [0.3, 0.4) is 0 Å². The summed E-state index contributed by atoms with van der Waals surface area (Å²) in [6, 6.07) is 6.63. The van der Waals surface area contributed by atoms with Crippen LogP contribution in [-0.4, -0.2) is 0 Å². The molecule has 0 N–H and O–H groups in total. The molecule has 0 saturated heterocycles. The van der Waals surface area contributed by atoms with E-state index in [2.05, 4.69) is 5.92 Å². The number of unbranched alkanes of at least 4 members (excludes halogenated alkanes) is 1. The van der Waals surface area contributed by atoms with Crippen molar-refractivity contribution in [3.05, 3.63) is 35.1 Å². The van der Waals surface area contributed by atoms with E-state index < -0.39 is 0 Å². The van der Waals surface area contributed by atoms with Crippen molar-refractivity contribution in [3.63, 3.8) is 0 Å². The van der Waals surface area contributed by atoms with E-state index in [1.165, 1.54) is 6.07 Å². The van der Waals surface area contributed by atoms with E-state index >= 15 is 0 Å². The van der Waals surface area contributed by atoms with Crippen LogP contribution in [0.1, 0.15) is 24.0 Å². The van der Waals surface area contributed by atoms with Gasteiger partial charge < -0.3 is 0 Å². The molecule has 2 heteroatoms. The van der Waals surface area contributed by atoms with E-state index in [1.54, 1.807) is 12.1 Å². The molecule has 0 saturated carbocycles. The van der Waals surface area contributed by atoms with Gasteiger partial charge in [-0.05, 0) is 36.6 Å². The van der Waals surface area contributed by atoms with E-state index in [-0.39, 0.29) is 5.82 Å². The third-order valence-corrected chi connectivity index (χ3v) is 1.95. The minimum atomic E-state index is -0.248. The Kier molecular flexibility index (Phi) is 3.70. The highest BCUT2D eigenvalue weighted by atomic mass is 19.1. The van der Waals surface area contributed by atoms with Gasteiger partial charge in [0.15, 0.2) is 0 Å². The molecule has 0 heterocycles. The summed E-state index contributed by atoms with van der Waals surface area (Å²) in [7, 11) is 0. The second-order valence-corrected chi connectivity index (χ2v) is 2.96. The van der Waals surface area contributed by atoms with Crippen LogP contribution in [0.25, 0.3) is 0 Å². The summed E-state index contributed by atoms with van der Waals surface area (Å²) in [6.45, 7) is 0. The maximum absolute atomic E-state index is 13.2. The normalized spacial score (nSPS) is 9.07. The largest absolute Gasteiger partial charge is 0.207 e. The lowest BCUT2D eigenvalue weighted by Gasteiger charge is -2.01. The van der Waals surface area contributed by atoms with Crippen molar-refractivity contribution < 1.29 is 4.39 Å². The summed E-state index contributed by atoms with van der Waals surface area (Å²) in [4.78, 5) is 0. The van der Waals surface area contributed by atoms with Gasteiger partial charge in [0.2, 0.25) is 0 Å². The van der Waals surface area contributed by atoms with Crippen LogP contribution < -0.4 is 0 Å². The van der Waals surface area contributed by atoms with E-state index in [9.17, 15) is 4.39 Å². The number of nitriles is 1. The molecule has 0 aliphatic rings. The molecule has 0 unspecified atom stereocenters. The second-order valence-electron chi connectivity index (χ2n) is 2.96. The van der Waals surface area contributed by atoms with Crippen LogP contribution in [0.15, 0.2) is 18.2 Å². The van der Waals surface area contributed by atoms with Crippen LogP contribution >= 0.6 is 0 Å². The van der Waals surface area contributed by atoms with Crippen molar-refractivity contribution in [1.82, 2.24) is 0 Å². The fourth-order valence-electron chi connectivity index (χ4n) is 1.21. The van der Waals surface area contributed by atoms with E-state index in [4.69, 9.17) is 11.7 Å². The third-order valence-electron chi connectivity index (χ3n) is 1.95. The topological polar surface area (TPSA) is 23.8 Å². The van der Waals surface area contributed by atoms with Gasteiger partial charge in [0.05, 0.1) is 6.07 Å². The highest BCUT2D eigenvalue weighted by Gasteiger charge is 2.02. The Bertz CT molecular complexity index is 396. The van der Waals surface area contributed by atoms with Crippen LogP contribution in [0.5, 0.6) is 0 Å². The predicted octanol–water partition coefficient (Wildman–Crippen LogP) is 2.65. The number of hydrogen-bond acceptors (Lipinski definition) is 1. The zero-order valence-electron chi connectivity index (χ0n) is 7.76. The number of hydrogen-bond donors (Lipinski definition) is 0. The van der Waals surface area contributed by atoms with Crippen molar-refractivity contribution in [2.45, 2.75) is 19.3 Å². The summed E-state index contributed by atoms with van der Waals surface area (Å²) in [6.07, 6.45) is 6.88. The van der Waals surface area contributed by atoms with Gasteiger partial charge in [-0.3, -0.25) is 0 Å². The summed E-state index contributed by atoms with van der Waals surface area (Å²) in [5.74, 6) is 2.21. The minimum Gasteiger partial charge on any atom is -0.207 e. The molecule has 0 bridgehead atoms. The van der Waals surface area contributed by atoms with E-state index in [0.29, 0.717) is 30.4 Å². The minimum absolute atomic E-state index is 0.248. The van der Waals surface area contributed by atoms with Crippen molar-refractivity contribution in [2.75, 3.05) is 0 Å². The molecule has 0 atom stereocenters. The zero-order valence-corrected chi connectivity index (χ0v) is 7.76. The standard InChI is InChI=1S/C12H10FN/c1-2-10-6-7-12(13)11(9-10)5-3-4-8-14/h1,6-7,9H,3-5H2. The first-order valence-electron chi connectivity index (χ1n) is 4.40. The number of terminal acetylenes is 1. The van der Waals surface area contributed by atoms with Crippen LogP contribution in [0.2, 0.25) is 0 Å². The van der Waals surface area contributed by atoms with Gasteiger partial charge in [-0.2, -0.15) is 5.26 Å². The average Bonchev–Trinajstić information content (AvgIpc) is 2.21. The first-order valence-corrected chi connectivity index (χ1v) is 4.40. The molecule has 0 aliphatic carbocycles. The first-order chi connectivity index (χ1) is 6.77. The number of rotatable bonds is 3. The Hall–Kier alpha value is -1.80. The molecule has 1 aromatic rings. The summed E-state index contributed by atoms with van der Waals surface area (Å²) in [5, 5.41) is 8.34. The number of benzene rings is 1. The zero-order chi connectivity index (χ0) is 10.4. The van der Waals surface area contributed by atoms with Crippen molar-refractivity contribution in [2.24, 2.45) is 0 Å². The average molecular weight is 187 g/mol. The number of aryl methyl sites for hydroxylation is 1. The Morgan fingerprint density at radius 3 is 2.86 bits per heavy atom. The van der Waals surface area contributed by atoms with Gasteiger partial charge in [-0.1, -0.05) is 5.92 Å². The molecule has 1 aromatic carbocycles. The van der Waals surface area contributed by atoms with Gasteiger partial charge in [-0.15, -0.1) is 6.42 Å². The molecule has 0 amide bonds. The quantitative estimate of drug-likeness (QED) is 0.527. The second kappa shape index (κ2) is 5.04. The SMILES string of the molecule is C#Cc1ccc(F)c(CCCC#N)c1. The highest BCUT2D eigenvalue weighted by molar-refractivity contribution is 5.36. The number of halogens is 1. The van der Waals surface area contributed by atoms with Crippen LogP contribution in [0, 0.1) is 29.5 Å². The molecular formula is C12H10FN. The van der Waals surface area contributed by atoms with E-state index in [1.807, 2.05) is 6.07 Å². The Morgan fingerprint density at radius 1 is 1.43 bits per heavy atom. The Labute approximate surface area is 83.2 Å². The molecular weight excluding hydrogens is 177 g/mol. The Morgan fingerprint density at radius 2 is 2.21 bits per heavy atom. The molecule has 1 nitrogen and oxygen atoms in total. The van der Waals surface area contributed by atoms with Gasteiger partial charge in [0.25, 0.3) is 0 Å². The maximum atomic E-state index is 13.2. The van der Waals surface area contributed by atoms with Gasteiger partial charge in [0.1, 0.15) is 5.82 Å². The summed E-state index contributed by atoms with van der Waals surface area (Å²) in [5.41, 5.74) is 1.27. The van der Waals surface area contributed by atoms with E-state index in [0.717, 1.165) is 0 Å². The third kappa shape index (κ3) is 2.61. The molecule has 14 heavy (non-hydrogen) atoms. The lowest BCUT2D eigenvalue weighted by molar-refractivity contribution is 0.605. The lowest BCUT2D eigenvalue weighted by Crippen LogP contribution is -1.91. The van der Waals surface area contributed by atoms with Crippen LogP contribution in [-0.2, 0) is 6.42 Å². The highest BCUT2D eigenvalue weighted by Crippen LogP contribution is 2.12. The van der Waals surface area contributed by atoms with Crippen molar-refractivity contribution in [1.29, 1.82) is 5.26 Å². The molecule has 70 valence electrons. The predicted molar refractivity (Wildman–Crippen MR) is 52.9 cm³/mol. The lowest BCUT2D eigenvalue weighted by atomic mass is 10.1. The van der Waals surface area contributed by atoms with Gasteiger partial charge >= 0.3 is 0 Å². The molecule has 0 aromatic heterocycles. The fourth-order valence-corrected chi connectivity index (χ4v) is 1.21. The first kappa shape index (κ1) is 10.3. The smallest absolute Gasteiger partial charge is 0.126 e. The Balaban J connectivity index is 2.76. The fraction of sp³-hybridized carbons (Fsp3) is 0.250. The maximum Gasteiger partial charge on any atom is 0.126 e. The van der Waals surface area contributed by atoms with Gasteiger partial charge in [0, 0.05) is 12.0 Å². The van der Waals surface area contributed by atoms with Crippen molar-refractivity contribution >= 4 is 0 Å². The summed E-state index contributed by atoms with van der Waals surface area (Å²) >= 11 is 0. The van der Waals surface area contributed by atoms with Crippen molar-refractivity contribution in [3.8, 4) is 18.4 Å². The molecule has 0 radical (unpaired) electrons. The molecule has 0 fully saturated rings. The molecule has 1 rings (SSSR count). The summed E-state index contributed by atoms with van der Waals surface area (Å²) < 4.78 is 13.2. The number of nitrogens with zero attached hydrogens (tertiary/aromatic N) is 1. The monoisotopic (exact) mass is 187 g/mol. The van der Waals surface area contributed by atoms with Gasteiger partial charge in [-0.25, -0.2) is 4.39 Å². The molecule has 0 spiro atoms. The molecule has 0 aliphatic heterocycles. The van der Waals surface area contributed by atoms with Crippen LogP contribution in [0.4, 0.5) is 4.39 Å².